The third-order valence-electron chi connectivity index (χ3n) is 2.57. The minimum absolute atomic E-state index is 0.278. The second kappa shape index (κ2) is 4.75. The van der Waals surface area contributed by atoms with Crippen LogP contribution in [0.5, 0.6) is 0 Å². The summed E-state index contributed by atoms with van der Waals surface area (Å²) in [6, 6.07) is 10.4. The lowest BCUT2D eigenvalue weighted by Gasteiger charge is -2.11. The van der Waals surface area contributed by atoms with Gasteiger partial charge in [-0.25, -0.2) is 4.39 Å². The fraction of sp³-hybridized carbons (Fsp3) is 0.0769. The molecule has 0 aliphatic rings. The largest absolute Gasteiger partial charge is 0.398 e. The number of hydrogen-bond donors (Lipinski definition) is 2. The minimum atomic E-state index is -0.278. The average molecular weight is 295 g/mol. The highest BCUT2D eigenvalue weighted by Crippen LogP contribution is 2.26. The topological polar surface area (TPSA) is 38.0 Å². The van der Waals surface area contributed by atoms with Crippen molar-refractivity contribution in [2.45, 2.75) is 6.92 Å². The molecule has 0 aromatic heterocycles. The molecule has 0 aliphatic heterocycles. The summed E-state index contributed by atoms with van der Waals surface area (Å²) >= 11 is 3.15. The van der Waals surface area contributed by atoms with Crippen molar-refractivity contribution in [2.75, 3.05) is 11.1 Å². The molecule has 0 spiro atoms. The Balaban J connectivity index is 2.31. The minimum Gasteiger partial charge on any atom is -0.398 e. The molecule has 0 saturated carbocycles. The fourth-order valence-corrected chi connectivity index (χ4v) is 1.90. The molecule has 0 radical (unpaired) electrons. The lowest BCUT2D eigenvalue weighted by Crippen LogP contribution is -1.97. The molecule has 3 N–H and O–H groups in total. The first-order valence-corrected chi connectivity index (χ1v) is 5.94. The molecule has 88 valence electrons. The van der Waals surface area contributed by atoms with E-state index < -0.39 is 0 Å². The molecule has 0 atom stereocenters. The van der Waals surface area contributed by atoms with E-state index in [2.05, 4.69) is 21.2 Å². The van der Waals surface area contributed by atoms with Gasteiger partial charge in [0.05, 0.1) is 4.47 Å². The SMILES string of the molecule is Cc1c(N)cccc1Nc1ccc(F)c(Br)c1. The van der Waals surface area contributed by atoms with Crippen molar-refractivity contribution in [1.29, 1.82) is 0 Å². The van der Waals surface area contributed by atoms with Crippen LogP contribution >= 0.6 is 15.9 Å². The highest BCUT2D eigenvalue weighted by atomic mass is 79.9. The summed E-state index contributed by atoms with van der Waals surface area (Å²) in [4.78, 5) is 0. The molecule has 2 nitrogen and oxygen atoms in total. The molecule has 0 unspecified atom stereocenters. The second-order valence-corrected chi connectivity index (χ2v) is 4.63. The summed E-state index contributed by atoms with van der Waals surface area (Å²) in [5.41, 5.74) is 9.26. The average Bonchev–Trinajstić information content (AvgIpc) is 2.30. The first-order valence-electron chi connectivity index (χ1n) is 5.15. The van der Waals surface area contributed by atoms with Crippen LogP contribution in [0.3, 0.4) is 0 Å². The molecule has 2 rings (SSSR count). The number of halogens is 2. The summed E-state index contributed by atoms with van der Waals surface area (Å²) in [6.45, 7) is 1.94. The number of nitrogens with one attached hydrogen (secondary N) is 1. The zero-order valence-corrected chi connectivity index (χ0v) is 10.9. The van der Waals surface area contributed by atoms with Crippen LogP contribution in [-0.4, -0.2) is 0 Å². The van der Waals surface area contributed by atoms with Crippen LogP contribution in [0.15, 0.2) is 40.9 Å². The van der Waals surface area contributed by atoms with Crippen LogP contribution in [-0.2, 0) is 0 Å². The molecule has 2 aromatic rings. The van der Waals surface area contributed by atoms with Gasteiger partial charge in [0.15, 0.2) is 0 Å². The quantitative estimate of drug-likeness (QED) is 0.814. The molecule has 0 heterocycles. The summed E-state index contributed by atoms with van der Waals surface area (Å²) < 4.78 is 13.5. The zero-order valence-electron chi connectivity index (χ0n) is 9.30. The van der Waals surface area contributed by atoms with Crippen molar-refractivity contribution in [3.05, 3.63) is 52.3 Å². The van der Waals surface area contributed by atoms with Crippen LogP contribution in [0.4, 0.5) is 21.5 Å². The molecule has 0 amide bonds. The van der Waals surface area contributed by atoms with Gasteiger partial charge in [-0.3, -0.25) is 0 Å². The number of hydrogen-bond acceptors (Lipinski definition) is 2. The van der Waals surface area contributed by atoms with Crippen molar-refractivity contribution in [3.63, 3.8) is 0 Å². The Hall–Kier alpha value is -1.55. The van der Waals surface area contributed by atoms with Gasteiger partial charge in [0.2, 0.25) is 0 Å². The fourth-order valence-electron chi connectivity index (χ4n) is 1.52. The monoisotopic (exact) mass is 294 g/mol. The van der Waals surface area contributed by atoms with Crippen molar-refractivity contribution in [3.8, 4) is 0 Å². The van der Waals surface area contributed by atoms with E-state index in [0.29, 0.717) is 4.47 Å². The van der Waals surface area contributed by atoms with E-state index in [1.807, 2.05) is 25.1 Å². The smallest absolute Gasteiger partial charge is 0.137 e. The predicted molar refractivity (Wildman–Crippen MR) is 73.0 cm³/mol. The molecule has 2 aromatic carbocycles. The van der Waals surface area contributed by atoms with Gasteiger partial charge in [-0.1, -0.05) is 6.07 Å². The molecule has 0 aliphatic carbocycles. The van der Waals surface area contributed by atoms with Crippen LogP contribution < -0.4 is 11.1 Å². The number of nitrogens with two attached hydrogens (primary N) is 1. The maximum Gasteiger partial charge on any atom is 0.137 e. The first-order chi connectivity index (χ1) is 8.08. The Morgan fingerprint density at radius 1 is 1.24 bits per heavy atom. The van der Waals surface area contributed by atoms with E-state index in [0.717, 1.165) is 22.6 Å². The van der Waals surface area contributed by atoms with E-state index in [9.17, 15) is 4.39 Å². The van der Waals surface area contributed by atoms with Gasteiger partial charge in [0.1, 0.15) is 5.82 Å². The molecular formula is C13H12BrFN2. The van der Waals surface area contributed by atoms with Gasteiger partial charge in [-0.15, -0.1) is 0 Å². The Kier molecular flexibility index (Phi) is 3.33. The van der Waals surface area contributed by atoms with Crippen LogP contribution in [0.25, 0.3) is 0 Å². The van der Waals surface area contributed by atoms with Gasteiger partial charge in [-0.2, -0.15) is 0 Å². The van der Waals surface area contributed by atoms with Gasteiger partial charge < -0.3 is 11.1 Å². The molecule has 0 fully saturated rings. The molecular weight excluding hydrogens is 283 g/mol. The van der Waals surface area contributed by atoms with Crippen molar-refractivity contribution >= 4 is 33.0 Å². The highest BCUT2D eigenvalue weighted by molar-refractivity contribution is 9.10. The van der Waals surface area contributed by atoms with Crippen molar-refractivity contribution in [2.24, 2.45) is 0 Å². The molecule has 17 heavy (non-hydrogen) atoms. The van der Waals surface area contributed by atoms with Crippen LogP contribution in [0, 0.1) is 12.7 Å². The third kappa shape index (κ3) is 2.58. The molecule has 0 bridgehead atoms. The predicted octanol–water partition coefficient (Wildman–Crippen LogP) is 4.22. The number of rotatable bonds is 2. The summed E-state index contributed by atoms with van der Waals surface area (Å²) in [5.74, 6) is -0.278. The van der Waals surface area contributed by atoms with Gasteiger partial charge in [-0.05, 0) is 58.7 Å². The Morgan fingerprint density at radius 2 is 2.00 bits per heavy atom. The molecule has 0 saturated heterocycles. The van der Waals surface area contributed by atoms with E-state index >= 15 is 0 Å². The van der Waals surface area contributed by atoms with Gasteiger partial charge in [0.25, 0.3) is 0 Å². The zero-order chi connectivity index (χ0) is 12.4. The lowest BCUT2D eigenvalue weighted by molar-refractivity contribution is 0.621. The van der Waals surface area contributed by atoms with Gasteiger partial charge in [0, 0.05) is 17.1 Å². The van der Waals surface area contributed by atoms with E-state index in [1.165, 1.54) is 6.07 Å². The van der Waals surface area contributed by atoms with Crippen molar-refractivity contribution < 1.29 is 4.39 Å². The van der Waals surface area contributed by atoms with E-state index in [1.54, 1.807) is 12.1 Å². The number of benzene rings is 2. The van der Waals surface area contributed by atoms with E-state index in [4.69, 9.17) is 5.73 Å². The molecule has 4 heteroatoms. The summed E-state index contributed by atoms with van der Waals surface area (Å²) in [7, 11) is 0. The van der Waals surface area contributed by atoms with Gasteiger partial charge >= 0.3 is 0 Å². The van der Waals surface area contributed by atoms with E-state index in [-0.39, 0.29) is 5.82 Å². The third-order valence-corrected chi connectivity index (χ3v) is 3.18. The highest BCUT2D eigenvalue weighted by Gasteiger charge is 2.04. The van der Waals surface area contributed by atoms with Crippen LogP contribution in [0.1, 0.15) is 5.56 Å². The Morgan fingerprint density at radius 3 is 2.71 bits per heavy atom. The maximum absolute atomic E-state index is 13.1. The summed E-state index contributed by atoms with van der Waals surface area (Å²) in [6.07, 6.45) is 0. The van der Waals surface area contributed by atoms with Crippen molar-refractivity contribution in [1.82, 2.24) is 0 Å². The standard InChI is InChI=1S/C13H12BrFN2/c1-8-12(16)3-2-4-13(8)17-9-5-6-11(15)10(14)7-9/h2-7,17H,16H2,1H3. The normalized spacial score (nSPS) is 10.3. The van der Waals surface area contributed by atoms with Crippen LogP contribution in [0.2, 0.25) is 0 Å². The summed E-state index contributed by atoms with van der Waals surface area (Å²) in [5, 5.41) is 3.20. The second-order valence-electron chi connectivity index (χ2n) is 3.77. The Bertz CT molecular complexity index is 555. The maximum atomic E-state index is 13.1. The number of anilines is 3. The number of nitrogen functional groups attached to an aromatic ring is 1. The first kappa shape index (κ1) is 11.9. The lowest BCUT2D eigenvalue weighted by atomic mass is 10.1. The Labute approximate surface area is 108 Å².